The molecule has 4 nitrogen and oxygen atoms in total. The number of amides is 1. The van der Waals surface area contributed by atoms with Crippen molar-refractivity contribution in [2.75, 3.05) is 38.3 Å². The third-order valence-corrected chi connectivity index (χ3v) is 3.17. The lowest BCUT2D eigenvalue weighted by molar-refractivity contribution is -0.120. The lowest BCUT2D eigenvalue weighted by atomic mass is 10.0. The predicted molar refractivity (Wildman–Crippen MR) is 71.9 cm³/mol. The summed E-state index contributed by atoms with van der Waals surface area (Å²) in [6, 6.07) is 8.32. The number of benzene rings is 1. The molecule has 0 fully saturated rings. The molecule has 98 valence electrons. The Morgan fingerprint density at radius 1 is 1.44 bits per heavy atom. The molecule has 1 N–H and O–H groups in total. The van der Waals surface area contributed by atoms with Gasteiger partial charge in [0.1, 0.15) is 0 Å². The number of nitrogens with one attached hydrogen (secondary N) is 1. The molecule has 18 heavy (non-hydrogen) atoms. The second-order valence-corrected chi connectivity index (χ2v) is 4.50. The van der Waals surface area contributed by atoms with E-state index in [0.29, 0.717) is 19.7 Å². The maximum atomic E-state index is 11.8. The number of nitrogens with zero attached hydrogens (tertiary/aromatic N) is 1. The lowest BCUT2D eigenvalue weighted by Gasteiger charge is -2.30. The summed E-state index contributed by atoms with van der Waals surface area (Å²) >= 11 is 0. The third kappa shape index (κ3) is 3.23. The lowest BCUT2D eigenvalue weighted by Crippen LogP contribution is -2.40. The maximum absolute atomic E-state index is 11.8. The van der Waals surface area contributed by atoms with Crippen molar-refractivity contribution in [3.8, 4) is 0 Å². The van der Waals surface area contributed by atoms with Gasteiger partial charge in [0, 0.05) is 25.9 Å². The molecule has 1 aromatic carbocycles. The summed E-state index contributed by atoms with van der Waals surface area (Å²) in [6.45, 7) is 2.52. The van der Waals surface area contributed by atoms with E-state index in [9.17, 15) is 4.79 Å². The molecule has 2 rings (SSSR count). The van der Waals surface area contributed by atoms with E-state index >= 15 is 0 Å². The first kappa shape index (κ1) is 12.9. The van der Waals surface area contributed by atoms with E-state index in [-0.39, 0.29) is 5.91 Å². The highest BCUT2D eigenvalue weighted by molar-refractivity contribution is 5.81. The van der Waals surface area contributed by atoms with Gasteiger partial charge >= 0.3 is 0 Å². The van der Waals surface area contributed by atoms with Crippen LogP contribution in [0.5, 0.6) is 0 Å². The van der Waals surface area contributed by atoms with E-state index in [2.05, 4.69) is 28.4 Å². The van der Waals surface area contributed by atoms with Crippen molar-refractivity contribution in [3.05, 3.63) is 29.8 Å². The van der Waals surface area contributed by atoms with Crippen LogP contribution in [0.3, 0.4) is 0 Å². The molecule has 0 saturated carbocycles. The number of para-hydroxylation sites is 1. The number of carbonyl (C=O) groups is 1. The van der Waals surface area contributed by atoms with Crippen LogP contribution in [-0.4, -0.2) is 39.3 Å². The molecule has 1 aromatic rings. The van der Waals surface area contributed by atoms with Gasteiger partial charge in [-0.1, -0.05) is 18.2 Å². The Kier molecular flexibility index (Phi) is 4.59. The molecule has 1 aliphatic heterocycles. The third-order valence-electron chi connectivity index (χ3n) is 3.17. The normalized spacial score (nSPS) is 14.2. The summed E-state index contributed by atoms with van der Waals surface area (Å²) in [6.07, 6.45) is 2.22. The summed E-state index contributed by atoms with van der Waals surface area (Å²) in [4.78, 5) is 13.9. The van der Waals surface area contributed by atoms with E-state index in [0.717, 1.165) is 19.4 Å². The van der Waals surface area contributed by atoms with Gasteiger partial charge in [-0.05, 0) is 24.5 Å². The van der Waals surface area contributed by atoms with Crippen LogP contribution >= 0.6 is 0 Å². The van der Waals surface area contributed by atoms with Gasteiger partial charge in [0.2, 0.25) is 5.91 Å². The molecule has 1 heterocycles. The molecule has 0 radical (unpaired) electrons. The van der Waals surface area contributed by atoms with E-state index < -0.39 is 0 Å². The average Bonchev–Trinajstić information content (AvgIpc) is 2.39. The first-order chi connectivity index (χ1) is 8.81. The molecule has 0 unspecified atom stereocenters. The van der Waals surface area contributed by atoms with Gasteiger partial charge in [-0.25, -0.2) is 0 Å². The topological polar surface area (TPSA) is 41.6 Å². The molecular formula is C14H20N2O2. The van der Waals surface area contributed by atoms with Crippen LogP contribution in [0, 0.1) is 0 Å². The largest absolute Gasteiger partial charge is 0.383 e. The summed E-state index contributed by atoms with van der Waals surface area (Å²) in [7, 11) is 1.63. The monoisotopic (exact) mass is 248 g/mol. The van der Waals surface area contributed by atoms with Crippen molar-refractivity contribution in [2.24, 2.45) is 0 Å². The molecule has 4 heteroatoms. The Bertz CT molecular complexity index is 407. The van der Waals surface area contributed by atoms with E-state index in [4.69, 9.17) is 4.74 Å². The zero-order valence-electron chi connectivity index (χ0n) is 10.8. The molecule has 0 bridgehead atoms. The number of anilines is 1. The zero-order valence-corrected chi connectivity index (χ0v) is 10.8. The highest BCUT2D eigenvalue weighted by Crippen LogP contribution is 2.25. The predicted octanol–water partition coefficient (Wildman–Crippen LogP) is 1.20. The minimum atomic E-state index is 0.0590. The van der Waals surface area contributed by atoms with Crippen molar-refractivity contribution in [1.82, 2.24) is 5.32 Å². The summed E-state index contributed by atoms with van der Waals surface area (Å²) in [5, 5.41) is 2.86. The number of rotatable bonds is 5. The molecule has 0 spiro atoms. The summed E-state index contributed by atoms with van der Waals surface area (Å²) in [5.41, 5.74) is 2.54. The van der Waals surface area contributed by atoms with E-state index in [1.807, 2.05) is 6.07 Å². The molecule has 0 atom stereocenters. The van der Waals surface area contributed by atoms with Gasteiger partial charge in [0.25, 0.3) is 0 Å². The number of hydrogen-bond donors (Lipinski definition) is 1. The van der Waals surface area contributed by atoms with Crippen molar-refractivity contribution in [1.29, 1.82) is 0 Å². The molecule has 1 amide bonds. The van der Waals surface area contributed by atoms with E-state index in [1.54, 1.807) is 7.11 Å². The van der Waals surface area contributed by atoms with Crippen molar-refractivity contribution < 1.29 is 9.53 Å². The highest BCUT2D eigenvalue weighted by Gasteiger charge is 2.18. The highest BCUT2D eigenvalue weighted by atomic mass is 16.5. The average molecular weight is 248 g/mol. The quantitative estimate of drug-likeness (QED) is 0.796. The van der Waals surface area contributed by atoms with Gasteiger partial charge in [0.15, 0.2) is 0 Å². The Morgan fingerprint density at radius 3 is 3.11 bits per heavy atom. The van der Waals surface area contributed by atoms with Gasteiger partial charge in [-0.2, -0.15) is 0 Å². The number of ether oxygens (including phenoxy) is 1. The Morgan fingerprint density at radius 2 is 2.28 bits per heavy atom. The Balaban J connectivity index is 1.92. The van der Waals surface area contributed by atoms with Crippen LogP contribution in [0.25, 0.3) is 0 Å². The standard InChI is InChI=1S/C14H20N2O2/c1-18-10-8-15-14(17)11-16-9-4-6-12-5-2-3-7-13(12)16/h2-3,5,7H,4,6,8-11H2,1H3,(H,15,17). The minimum Gasteiger partial charge on any atom is -0.383 e. The maximum Gasteiger partial charge on any atom is 0.239 e. The van der Waals surface area contributed by atoms with Crippen LogP contribution < -0.4 is 10.2 Å². The Labute approximate surface area is 108 Å². The van der Waals surface area contributed by atoms with Gasteiger partial charge in [-0.15, -0.1) is 0 Å². The van der Waals surface area contributed by atoms with E-state index in [1.165, 1.54) is 11.3 Å². The Hall–Kier alpha value is -1.55. The molecule has 0 aromatic heterocycles. The van der Waals surface area contributed by atoms with Crippen LogP contribution in [0.4, 0.5) is 5.69 Å². The van der Waals surface area contributed by atoms with Crippen molar-refractivity contribution >= 4 is 11.6 Å². The number of methoxy groups -OCH3 is 1. The van der Waals surface area contributed by atoms with Crippen molar-refractivity contribution in [2.45, 2.75) is 12.8 Å². The van der Waals surface area contributed by atoms with Crippen LogP contribution in [-0.2, 0) is 16.0 Å². The number of aryl methyl sites for hydroxylation is 1. The molecule has 0 aliphatic carbocycles. The number of fused-ring (bicyclic) bond motifs is 1. The number of hydrogen-bond acceptors (Lipinski definition) is 3. The van der Waals surface area contributed by atoms with Crippen LogP contribution in [0.2, 0.25) is 0 Å². The summed E-state index contributed by atoms with van der Waals surface area (Å²) in [5.74, 6) is 0.0590. The smallest absolute Gasteiger partial charge is 0.239 e. The first-order valence-corrected chi connectivity index (χ1v) is 6.40. The summed E-state index contributed by atoms with van der Waals surface area (Å²) < 4.78 is 4.91. The van der Waals surface area contributed by atoms with Crippen molar-refractivity contribution in [3.63, 3.8) is 0 Å². The molecule has 1 aliphatic rings. The van der Waals surface area contributed by atoms with Crippen LogP contribution in [0.1, 0.15) is 12.0 Å². The zero-order chi connectivity index (χ0) is 12.8. The molecular weight excluding hydrogens is 228 g/mol. The van der Waals surface area contributed by atoms with Gasteiger partial charge < -0.3 is 15.0 Å². The first-order valence-electron chi connectivity index (χ1n) is 6.40. The second kappa shape index (κ2) is 6.40. The van der Waals surface area contributed by atoms with Crippen LogP contribution in [0.15, 0.2) is 24.3 Å². The number of carbonyl (C=O) groups excluding carboxylic acids is 1. The second-order valence-electron chi connectivity index (χ2n) is 4.50. The van der Waals surface area contributed by atoms with Gasteiger partial charge in [-0.3, -0.25) is 4.79 Å². The minimum absolute atomic E-state index is 0.0590. The molecule has 0 saturated heterocycles. The fourth-order valence-electron chi connectivity index (χ4n) is 2.30. The fourth-order valence-corrected chi connectivity index (χ4v) is 2.30. The SMILES string of the molecule is COCCNC(=O)CN1CCCc2ccccc21. The van der Waals surface area contributed by atoms with Gasteiger partial charge in [0.05, 0.1) is 13.2 Å². The fraction of sp³-hybridized carbons (Fsp3) is 0.500.